The second-order valence-corrected chi connectivity index (χ2v) is 10.1. The maximum Gasteiger partial charge on any atom is 0.255 e. The molecular weight excluding hydrogens is 482 g/mol. The third kappa shape index (κ3) is 5.11. The molecule has 188 valence electrons. The fraction of sp³-hybridized carbons (Fsp3) is 0.207. The van der Waals surface area contributed by atoms with Crippen molar-refractivity contribution in [2.24, 2.45) is 0 Å². The largest absolute Gasteiger partial charge is 0.457 e. The van der Waals surface area contributed by atoms with Crippen LogP contribution in [0.3, 0.4) is 0 Å². The van der Waals surface area contributed by atoms with E-state index >= 15 is 0 Å². The number of para-hydroxylation sites is 1. The van der Waals surface area contributed by atoms with Gasteiger partial charge in [-0.3, -0.25) is 4.79 Å². The van der Waals surface area contributed by atoms with E-state index in [0.717, 1.165) is 39.6 Å². The average Bonchev–Trinajstić information content (AvgIpc) is 3.28. The molecule has 2 heterocycles. The Morgan fingerprint density at radius 2 is 1.78 bits per heavy atom. The van der Waals surface area contributed by atoms with Crippen LogP contribution in [0.4, 0.5) is 11.6 Å². The smallest absolute Gasteiger partial charge is 0.255 e. The monoisotopic (exact) mass is 511 g/mol. The number of rotatable bonds is 7. The summed E-state index contributed by atoms with van der Waals surface area (Å²) in [7, 11) is 0. The molecule has 1 amide bonds. The van der Waals surface area contributed by atoms with Crippen molar-refractivity contribution in [2.75, 3.05) is 16.4 Å². The van der Waals surface area contributed by atoms with Gasteiger partial charge in [-0.05, 0) is 73.5 Å². The molecule has 0 spiro atoms. The summed E-state index contributed by atoms with van der Waals surface area (Å²) in [4.78, 5) is 18.5. The van der Waals surface area contributed by atoms with Gasteiger partial charge in [-0.15, -0.1) is 5.10 Å². The molecule has 8 heteroatoms. The van der Waals surface area contributed by atoms with Gasteiger partial charge < -0.3 is 15.4 Å². The van der Waals surface area contributed by atoms with E-state index in [1.165, 1.54) is 0 Å². The van der Waals surface area contributed by atoms with Gasteiger partial charge >= 0.3 is 0 Å². The molecule has 0 bridgehead atoms. The average molecular weight is 512 g/mol. The minimum absolute atomic E-state index is 0.191. The Labute approximate surface area is 221 Å². The van der Waals surface area contributed by atoms with Crippen molar-refractivity contribution < 1.29 is 9.53 Å². The van der Waals surface area contributed by atoms with E-state index in [-0.39, 0.29) is 5.91 Å². The maximum atomic E-state index is 13.8. The van der Waals surface area contributed by atoms with E-state index in [1.54, 1.807) is 16.4 Å². The molecule has 0 aliphatic carbocycles. The highest BCUT2D eigenvalue weighted by molar-refractivity contribution is 7.99. The predicted molar refractivity (Wildman–Crippen MR) is 148 cm³/mol. The molecule has 0 radical (unpaired) electrons. The van der Waals surface area contributed by atoms with Crippen molar-refractivity contribution in [3.05, 3.63) is 101 Å². The molecule has 5 rings (SSSR count). The highest BCUT2D eigenvalue weighted by Crippen LogP contribution is 2.38. The van der Waals surface area contributed by atoms with Crippen LogP contribution in [0.25, 0.3) is 0 Å². The number of ether oxygens (including phenoxy) is 1. The summed E-state index contributed by atoms with van der Waals surface area (Å²) in [5.74, 6) is 2.69. The summed E-state index contributed by atoms with van der Waals surface area (Å²) in [6.45, 7) is 8.01. The van der Waals surface area contributed by atoms with Gasteiger partial charge in [0.1, 0.15) is 17.5 Å². The highest BCUT2D eigenvalue weighted by Gasteiger charge is 2.34. The quantitative estimate of drug-likeness (QED) is 0.268. The summed E-state index contributed by atoms with van der Waals surface area (Å²) >= 11 is 1.56. The first kappa shape index (κ1) is 24.6. The van der Waals surface area contributed by atoms with Crippen LogP contribution in [0.15, 0.2) is 89.2 Å². The summed E-state index contributed by atoms with van der Waals surface area (Å²) in [5, 5.41) is 11.9. The van der Waals surface area contributed by atoms with Crippen molar-refractivity contribution in [1.29, 1.82) is 0 Å². The Morgan fingerprint density at radius 3 is 2.57 bits per heavy atom. The second-order valence-electron chi connectivity index (χ2n) is 8.85. The van der Waals surface area contributed by atoms with Gasteiger partial charge in [-0.2, -0.15) is 4.98 Å². The van der Waals surface area contributed by atoms with Crippen molar-refractivity contribution >= 4 is 29.3 Å². The van der Waals surface area contributed by atoms with Crippen LogP contribution in [0.2, 0.25) is 0 Å². The van der Waals surface area contributed by atoms with Crippen LogP contribution in [-0.4, -0.2) is 26.4 Å². The Bertz CT molecular complexity index is 1480. The summed E-state index contributed by atoms with van der Waals surface area (Å²) in [6, 6.07) is 22.8. The van der Waals surface area contributed by atoms with Gasteiger partial charge in [0.25, 0.3) is 5.91 Å². The number of anilines is 2. The van der Waals surface area contributed by atoms with Gasteiger partial charge in [-0.1, -0.05) is 61.2 Å². The minimum atomic E-state index is -0.487. The highest BCUT2D eigenvalue weighted by atomic mass is 32.2. The Morgan fingerprint density at radius 1 is 1.03 bits per heavy atom. The van der Waals surface area contributed by atoms with Gasteiger partial charge in [-0.25, -0.2) is 4.68 Å². The molecule has 7 nitrogen and oxygen atoms in total. The molecule has 0 fully saturated rings. The van der Waals surface area contributed by atoms with E-state index in [4.69, 9.17) is 9.84 Å². The van der Waals surface area contributed by atoms with Crippen LogP contribution in [0.1, 0.15) is 36.6 Å². The normalized spacial score (nSPS) is 14.6. The Kier molecular flexibility index (Phi) is 7.01. The first-order valence-electron chi connectivity index (χ1n) is 12.2. The molecule has 1 unspecified atom stereocenters. The number of amides is 1. The number of nitrogens with zero attached hydrogens (tertiary/aromatic N) is 3. The molecule has 1 atom stereocenters. The van der Waals surface area contributed by atoms with Crippen LogP contribution in [-0.2, 0) is 4.79 Å². The fourth-order valence-electron chi connectivity index (χ4n) is 4.37. The molecule has 0 saturated carbocycles. The number of thioether (sulfide) groups is 1. The van der Waals surface area contributed by atoms with Crippen molar-refractivity contribution in [3.8, 4) is 11.5 Å². The van der Waals surface area contributed by atoms with Crippen LogP contribution in [0.5, 0.6) is 11.5 Å². The van der Waals surface area contributed by atoms with Crippen LogP contribution < -0.4 is 15.4 Å². The van der Waals surface area contributed by atoms with E-state index in [0.29, 0.717) is 22.4 Å². The molecule has 4 aromatic rings. The number of benzene rings is 3. The summed E-state index contributed by atoms with van der Waals surface area (Å²) in [6.07, 6.45) is 0. The number of aryl methyl sites for hydroxylation is 1. The number of hydrogen-bond donors (Lipinski definition) is 2. The zero-order valence-corrected chi connectivity index (χ0v) is 22.1. The number of carbonyl (C=O) groups excluding carboxylic acids is 1. The molecule has 1 aliphatic rings. The van der Waals surface area contributed by atoms with E-state index in [2.05, 4.69) is 22.5 Å². The first-order valence-corrected chi connectivity index (χ1v) is 13.2. The standard InChI is InChI=1S/C29H29N5O2S/c1-5-37-29-32-28-30-20(4)25(27(35)31-24-16-9-11-18(2)19(24)3)26(34(28)33-29)21-12-10-15-23(17-21)36-22-13-7-6-8-14-22/h6-17,26H,5H2,1-4H3,(H,31,35)(H,30,32,33). The lowest BCUT2D eigenvalue weighted by atomic mass is 9.94. The third-order valence-electron chi connectivity index (χ3n) is 6.36. The third-order valence-corrected chi connectivity index (χ3v) is 7.08. The molecule has 37 heavy (non-hydrogen) atoms. The summed E-state index contributed by atoms with van der Waals surface area (Å²) < 4.78 is 7.90. The topological polar surface area (TPSA) is 81.1 Å². The van der Waals surface area contributed by atoms with Gasteiger partial charge in [0.15, 0.2) is 0 Å². The van der Waals surface area contributed by atoms with Crippen molar-refractivity contribution in [1.82, 2.24) is 14.8 Å². The molecule has 1 aromatic heterocycles. The number of nitrogens with one attached hydrogen (secondary N) is 2. The van der Waals surface area contributed by atoms with Gasteiger partial charge in [0.2, 0.25) is 11.1 Å². The lowest BCUT2D eigenvalue weighted by Gasteiger charge is -2.29. The molecule has 1 aliphatic heterocycles. The van der Waals surface area contributed by atoms with Gasteiger partial charge in [0.05, 0.1) is 5.57 Å². The zero-order chi connectivity index (χ0) is 25.9. The number of fused-ring (bicyclic) bond motifs is 1. The molecule has 3 aromatic carbocycles. The van der Waals surface area contributed by atoms with E-state index in [9.17, 15) is 4.79 Å². The van der Waals surface area contributed by atoms with E-state index in [1.807, 2.05) is 93.6 Å². The number of hydrogen-bond acceptors (Lipinski definition) is 6. The fourth-order valence-corrected chi connectivity index (χ4v) is 4.93. The number of carbonyl (C=O) groups is 1. The number of allylic oxidation sites excluding steroid dienone is 1. The molecular formula is C29H29N5O2S. The van der Waals surface area contributed by atoms with Crippen LogP contribution in [0, 0.1) is 13.8 Å². The van der Waals surface area contributed by atoms with Crippen molar-refractivity contribution in [3.63, 3.8) is 0 Å². The zero-order valence-electron chi connectivity index (χ0n) is 21.3. The van der Waals surface area contributed by atoms with E-state index < -0.39 is 6.04 Å². The first-order chi connectivity index (χ1) is 17.9. The predicted octanol–water partition coefficient (Wildman–Crippen LogP) is 6.73. The maximum absolute atomic E-state index is 13.8. The minimum Gasteiger partial charge on any atom is -0.457 e. The Balaban J connectivity index is 1.56. The SMILES string of the molecule is CCSc1nc2n(n1)C(c1cccc(Oc3ccccc3)c1)C(C(=O)Nc1cccc(C)c1C)=C(C)N2. The second kappa shape index (κ2) is 10.5. The van der Waals surface area contributed by atoms with Crippen molar-refractivity contribution in [2.45, 2.75) is 38.9 Å². The summed E-state index contributed by atoms with van der Waals surface area (Å²) in [5.41, 5.74) is 5.12. The number of aromatic nitrogens is 3. The molecule has 0 saturated heterocycles. The lowest BCUT2D eigenvalue weighted by Crippen LogP contribution is -2.31. The lowest BCUT2D eigenvalue weighted by molar-refractivity contribution is -0.113. The molecule has 2 N–H and O–H groups in total. The Hall–Kier alpha value is -4.04. The van der Waals surface area contributed by atoms with Crippen LogP contribution >= 0.6 is 11.8 Å². The van der Waals surface area contributed by atoms with Gasteiger partial charge in [0, 0.05) is 11.4 Å².